The van der Waals surface area contributed by atoms with E-state index in [4.69, 9.17) is 9.47 Å². The molecule has 4 heteroatoms. The molecule has 0 aromatic heterocycles. The third-order valence-electron chi connectivity index (χ3n) is 6.15. The molecule has 154 valence electrons. The number of rotatable bonds is 6. The van der Waals surface area contributed by atoms with Crippen LogP contribution in [0.3, 0.4) is 0 Å². The van der Waals surface area contributed by atoms with Gasteiger partial charge in [0.1, 0.15) is 0 Å². The summed E-state index contributed by atoms with van der Waals surface area (Å²) in [7, 11) is 0. The second-order valence-corrected chi connectivity index (χ2v) is 8.14. The van der Waals surface area contributed by atoms with E-state index in [1.807, 2.05) is 6.07 Å². The average molecular weight is 401 g/mol. The zero-order chi connectivity index (χ0) is 20.2. The van der Waals surface area contributed by atoms with Crippen molar-refractivity contribution in [2.24, 2.45) is 0 Å². The van der Waals surface area contributed by atoms with Crippen LogP contribution in [0.5, 0.6) is 11.5 Å². The molecule has 1 fully saturated rings. The SMILES string of the molecule is c1ccc(C(CN2CCN(Cc3ccc4c(c3)OCO4)CC2)c2ccccc2)cc1. The molecule has 5 rings (SSSR count). The van der Waals surface area contributed by atoms with Crippen molar-refractivity contribution in [2.45, 2.75) is 12.5 Å². The number of hydrogen-bond acceptors (Lipinski definition) is 4. The predicted octanol–water partition coefficient (Wildman–Crippen LogP) is 4.37. The number of benzene rings is 3. The van der Waals surface area contributed by atoms with Crippen LogP contribution in [-0.2, 0) is 6.54 Å². The Balaban J connectivity index is 1.21. The largest absolute Gasteiger partial charge is 0.454 e. The van der Waals surface area contributed by atoms with Crippen molar-refractivity contribution in [3.05, 3.63) is 95.6 Å². The number of fused-ring (bicyclic) bond motifs is 1. The van der Waals surface area contributed by atoms with Gasteiger partial charge in [-0.3, -0.25) is 9.80 Å². The van der Waals surface area contributed by atoms with E-state index < -0.39 is 0 Å². The van der Waals surface area contributed by atoms with Crippen LogP contribution in [-0.4, -0.2) is 49.3 Å². The molecule has 0 unspecified atom stereocenters. The molecule has 3 aromatic carbocycles. The summed E-state index contributed by atoms with van der Waals surface area (Å²) in [5.41, 5.74) is 4.08. The van der Waals surface area contributed by atoms with Gasteiger partial charge in [0.2, 0.25) is 6.79 Å². The molecular weight excluding hydrogens is 372 g/mol. The van der Waals surface area contributed by atoms with Gasteiger partial charge in [-0.15, -0.1) is 0 Å². The molecule has 2 heterocycles. The smallest absolute Gasteiger partial charge is 0.231 e. The van der Waals surface area contributed by atoms with E-state index in [0.717, 1.165) is 50.8 Å². The first-order valence-electron chi connectivity index (χ1n) is 10.8. The van der Waals surface area contributed by atoms with Gasteiger partial charge in [0, 0.05) is 45.2 Å². The molecule has 0 aliphatic carbocycles. The number of piperazine rings is 1. The van der Waals surface area contributed by atoms with E-state index >= 15 is 0 Å². The Hall–Kier alpha value is -2.82. The fourth-order valence-electron chi connectivity index (χ4n) is 4.46. The van der Waals surface area contributed by atoms with E-state index in [1.165, 1.54) is 16.7 Å². The maximum atomic E-state index is 5.52. The Morgan fingerprint density at radius 2 is 1.27 bits per heavy atom. The summed E-state index contributed by atoms with van der Waals surface area (Å²) in [6, 6.07) is 28.1. The quantitative estimate of drug-likeness (QED) is 0.614. The van der Waals surface area contributed by atoms with Crippen LogP contribution in [0.15, 0.2) is 78.9 Å². The predicted molar refractivity (Wildman–Crippen MR) is 119 cm³/mol. The van der Waals surface area contributed by atoms with E-state index in [0.29, 0.717) is 12.7 Å². The third-order valence-corrected chi connectivity index (χ3v) is 6.15. The molecule has 2 aliphatic heterocycles. The van der Waals surface area contributed by atoms with Crippen molar-refractivity contribution in [3.63, 3.8) is 0 Å². The molecule has 2 aliphatic rings. The zero-order valence-electron chi connectivity index (χ0n) is 17.2. The van der Waals surface area contributed by atoms with Gasteiger partial charge in [-0.1, -0.05) is 66.7 Å². The Morgan fingerprint density at radius 3 is 1.93 bits per heavy atom. The second-order valence-electron chi connectivity index (χ2n) is 8.14. The lowest BCUT2D eigenvalue weighted by molar-refractivity contribution is 0.124. The van der Waals surface area contributed by atoms with Crippen LogP contribution >= 0.6 is 0 Å². The van der Waals surface area contributed by atoms with E-state index in [2.05, 4.69) is 82.6 Å². The molecule has 0 amide bonds. The highest BCUT2D eigenvalue weighted by molar-refractivity contribution is 5.44. The summed E-state index contributed by atoms with van der Waals surface area (Å²) in [5.74, 6) is 2.14. The van der Waals surface area contributed by atoms with Crippen molar-refractivity contribution in [1.82, 2.24) is 9.80 Å². The second kappa shape index (κ2) is 8.90. The van der Waals surface area contributed by atoms with Crippen molar-refractivity contribution < 1.29 is 9.47 Å². The molecule has 4 nitrogen and oxygen atoms in total. The molecule has 0 saturated carbocycles. The lowest BCUT2D eigenvalue weighted by Crippen LogP contribution is -2.47. The molecule has 0 N–H and O–H groups in total. The fraction of sp³-hybridized carbons (Fsp3) is 0.308. The third kappa shape index (κ3) is 4.35. The lowest BCUT2D eigenvalue weighted by Gasteiger charge is -2.36. The van der Waals surface area contributed by atoms with E-state index in [-0.39, 0.29) is 0 Å². The maximum Gasteiger partial charge on any atom is 0.231 e. The minimum absolute atomic E-state index is 0.335. The first-order valence-corrected chi connectivity index (χ1v) is 10.8. The monoisotopic (exact) mass is 400 g/mol. The van der Waals surface area contributed by atoms with Crippen LogP contribution in [0.25, 0.3) is 0 Å². The van der Waals surface area contributed by atoms with Gasteiger partial charge in [0.05, 0.1) is 0 Å². The number of nitrogens with zero attached hydrogens (tertiary/aromatic N) is 2. The Morgan fingerprint density at radius 1 is 0.667 bits per heavy atom. The summed E-state index contributed by atoms with van der Waals surface area (Å²) >= 11 is 0. The van der Waals surface area contributed by atoms with Crippen molar-refractivity contribution in [2.75, 3.05) is 39.5 Å². The van der Waals surface area contributed by atoms with E-state index in [9.17, 15) is 0 Å². The maximum absolute atomic E-state index is 5.52. The molecule has 30 heavy (non-hydrogen) atoms. The van der Waals surface area contributed by atoms with Gasteiger partial charge in [-0.2, -0.15) is 0 Å². The number of ether oxygens (including phenoxy) is 2. The molecule has 0 radical (unpaired) electrons. The molecule has 0 spiro atoms. The summed E-state index contributed by atoms with van der Waals surface area (Å²) in [5, 5.41) is 0. The molecule has 1 saturated heterocycles. The van der Waals surface area contributed by atoms with Crippen molar-refractivity contribution in [3.8, 4) is 11.5 Å². The summed E-state index contributed by atoms with van der Waals surface area (Å²) in [4.78, 5) is 5.15. The van der Waals surface area contributed by atoms with E-state index in [1.54, 1.807) is 0 Å². The Kier molecular flexibility index (Phi) is 5.69. The first-order chi connectivity index (χ1) is 14.8. The molecular formula is C26H28N2O2. The highest BCUT2D eigenvalue weighted by Gasteiger charge is 2.23. The van der Waals surface area contributed by atoms with Gasteiger partial charge < -0.3 is 9.47 Å². The minimum atomic E-state index is 0.335. The highest BCUT2D eigenvalue weighted by atomic mass is 16.7. The van der Waals surface area contributed by atoms with Gasteiger partial charge in [-0.05, 0) is 28.8 Å². The standard InChI is InChI=1S/C26H28N2O2/c1-3-7-22(8-4-1)24(23-9-5-2-6-10-23)19-28-15-13-27(14-16-28)18-21-11-12-25-26(17-21)30-20-29-25/h1-12,17,24H,13-16,18-20H2. The Labute approximate surface area is 178 Å². The van der Waals surface area contributed by atoms with Crippen molar-refractivity contribution in [1.29, 1.82) is 0 Å². The topological polar surface area (TPSA) is 24.9 Å². The summed E-state index contributed by atoms with van der Waals surface area (Å²) in [6.45, 7) is 6.73. The summed E-state index contributed by atoms with van der Waals surface area (Å²) in [6.07, 6.45) is 0. The highest BCUT2D eigenvalue weighted by Crippen LogP contribution is 2.33. The van der Waals surface area contributed by atoms with Crippen LogP contribution < -0.4 is 9.47 Å². The first kappa shape index (κ1) is 19.2. The fourth-order valence-corrected chi connectivity index (χ4v) is 4.46. The van der Waals surface area contributed by atoms with Gasteiger partial charge >= 0.3 is 0 Å². The molecule has 3 aromatic rings. The lowest BCUT2D eigenvalue weighted by atomic mass is 9.90. The van der Waals surface area contributed by atoms with Crippen LogP contribution in [0.1, 0.15) is 22.6 Å². The average Bonchev–Trinajstić information content (AvgIpc) is 3.28. The Bertz CT molecular complexity index is 914. The number of hydrogen-bond donors (Lipinski definition) is 0. The van der Waals surface area contributed by atoms with Gasteiger partial charge in [-0.25, -0.2) is 0 Å². The van der Waals surface area contributed by atoms with Crippen LogP contribution in [0.4, 0.5) is 0 Å². The van der Waals surface area contributed by atoms with Crippen LogP contribution in [0, 0.1) is 0 Å². The minimum Gasteiger partial charge on any atom is -0.454 e. The summed E-state index contributed by atoms with van der Waals surface area (Å²) < 4.78 is 10.9. The molecule has 0 bridgehead atoms. The molecule has 0 atom stereocenters. The van der Waals surface area contributed by atoms with Gasteiger partial charge in [0.15, 0.2) is 11.5 Å². The normalized spacial score (nSPS) is 16.8. The zero-order valence-corrected chi connectivity index (χ0v) is 17.2. The van der Waals surface area contributed by atoms with Crippen LogP contribution in [0.2, 0.25) is 0 Å². The van der Waals surface area contributed by atoms with Crippen molar-refractivity contribution >= 4 is 0 Å². The van der Waals surface area contributed by atoms with Gasteiger partial charge in [0.25, 0.3) is 0 Å².